The molecule has 33 heavy (non-hydrogen) atoms. The van der Waals surface area contributed by atoms with Gasteiger partial charge in [0.2, 0.25) is 0 Å². The highest BCUT2D eigenvalue weighted by Gasteiger charge is 2.14. The Hall–Kier alpha value is -3.82. The number of carbonyl (C=O) groups is 4. The van der Waals surface area contributed by atoms with Crippen LogP contribution in [0.2, 0.25) is 0 Å². The summed E-state index contributed by atoms with van der Waals surface area (Å²) in [5.41, 5.74) is 1.93. The lowest BCUT2D eigenvalue weighted by molar-refractivity contribution is -0.140. The Kier molecular flexibility index (Phi) is 11.8. The van der Waals surface area contributed by atoms with Gasteiger partial charge in [-0.05, 0) is 18.1 Å². The Bertz CT molecular complexity index is 868. The number of hydrogen-bond donors (Lipinski definition) is 0. The topological polar surface area (TPSA) is 112 Å². The predicted octanol–water partition coefficient (Wildman–Crippen LogP) is 2.67. The lowest BCUT2D eigenvalue weighted by atomic mass is 10.1. The van der Waals surface area contributed by atoms with Gasteiger partial charge in [-0.25, -0.2) is 19.2 Å². The van der Waals surface area contributed by atoms with Crippen molar-refractivity contribution in [3.63, 3.8) is 0 Å². The number of hydrogen-bond acceptors (Lipinski definition) is 8. The lowest BCUT2D eigenvalue weighted by Crippen LogP contribution is -2.29. The predicted molar refractivity (Wildman–Crippen MR) is 119 cm³/mol. The van der Waals surface area contributed by atoms with Crippen LogP contribution in [0.1, 0.15) is 18.1 Å². The molecule has 10 heteroatoms. The minimum Gasteiger partial charge on any atom is -0.459 e. The summed E-state index contributed by atoms with van der Waals surface area (Å²) < 4.78 is 19.7. The summed E-state index contributed by atoms with van der Waals surface area (Å²) in [5, 5.41) is 0. The summed E-state index contributed by atoms with van der Waals surface area (Å²) in [4.78, 5) is 49.1. The molecule has 0 aromatic heterocycles. The van der Waals surface area contributed by atoms with Crippen LogP contribution < -0.4 is 0 Å². The molecular formula is C23H30N2O8. The van der Waals surface area contributed by atoms with Gasteiger partial charge in [0.15, 0.2) is 0 Å². The van der Waals surface area contributed by atoms with Crippen molar-refractivity contribution >= 4 is 24.1 Å². The summed E-state index contributed by atoms with van der Waals surface area (Å²) in [5.74, 6) is -1.13. The average Bonchev–Trinajstić information content (AvgIpc) is 2.78. The van der Waals surface area contributed by atoms with Crippen LogP contribution in [0.5, 0.6) is 0 Å². The van der Waals surface area contributed by atoms with E-state index >= 15 is 0 Å². The van der Waals surface area contributed by atoms with Gasteiger partial charge in [-0.1, -0.05) is 37.4 Å². The van der Waals surface area contributed by atoms with E-state index in [0.717, 1.165) is 17.2 Å². The molecule has 0 spiro atoms. The molecule has 0 saturated carbocycles. The Morgan fingerprint density at radius 1 is 0.848 bits per heavy atom. The summed E-state index contributed by atoms with van der Waals surface area (Å²) in [6.07, 6.45) is -0.104. The van der Waals surface area contributed by atoms with Gasteiger partial charge < -0.3 is 28.7 Å². The van der Waals surface area contributed by atoms with Gasteiger partial charge in [-0.2, -0.15) is 0 Å². The minimum atomic E-state index is -0.587. The highest BCUT2D eigenvalue weighted by molar-refractivity contribution is 5.86. The minimum absolute atomic E-state index is 0.0557. The van der Waals surface area contributed by atoms with E-state index in [1.54, 1.807) is 14.1 Å². The maximum absolute atomic E-state index is 12.1. The number of nitrogens with zero attached hydrogens (tertiary/aromatic N) is 2. The zero-order valence-electron chi connectivity index (χ0n) is 19.2. The van der Waals surface area contributed by atoms with Gasteiger partial charge in [-0.15, -0.1) is 0 Å². The molecule has 1 aromatic rings. The molecule has 0 aliphatic rings. The van der Waals surface area contributed by atoms with Crippen molar-refractivity contribution < 1.29 is 38.1 Å². The zero-order chi connectivity index (χ0) is 24.8. The Balaban J connectivity index is 2.45. The van der Waals surface area contributed by atoms with E-state index in [2.05, 4.69) is 13.2 Å². The number of esters is 2. The smallest absolute Gasteiger partial charge is 0.409 e. The number of ether oxygens (including phenoxy) is 4. The Morgan fingerprint density at radius 2 is 1.30 bits per heavy atom. The first kappa shape index (κ1) is 27.2. The van der Waals surface area contributed by atoms with Crippen LogP contribution in [0.3, 0.4) is 0 Å². The maximum atomic E-state index is 12.1. The zero-order valence-corrected chi connectivity index (χ0v) is 19.2. The van der Waals surface area contributed by atoms with Gasteiger partial charge in [0.25, 0.3) is 0 Å². The van der Waals surface area contributed by atoms with Crippen LogP contribution in [-0.4, -0.2) is 74.4 Å². The van der Waals surface area contributed by atoms with Crippen molar-refractivity contribution in [2.24, 2.45) is 0 Å². The number of benzene rings is 1. The second kappa shape index (κ2) is 14.3. The maximum Gasteiger partial charge on any atom is 0.409 e. The summed E-state index contributed by atoms with van der Waals surface area (Å²) in [6.45, 7) is 8.58. The van der Waals surface area contributed by atoms with Crippen molar-refractivity contribution in [1.82, 2.24) is 9.80 Å². The summed E-state index contributed by atoms with van der Waals surface area (Å²) in [7, 11) is 3.16. The van der Waals surface area contributed by atoms with Crippen LogP contribution >= 0.6 is 0 Å². The van der Waals surface area contributed by atoms with Crippen LogP contribution in [0.25, 0.3) is 0 Å². The first-order valence-electron chi connectivity index (χ1n) is 10.1. The number of carbonyl (C=O) groups excluding carboxylic acids is 4. The monoisotopic (exact) mass is 462 g/mol. The Morgan fingerprint density at radius 3 is 1.76 bits per heavy atom. The second-order valence-electron chi connectivity index (χ2n) is 7.05. The third-order valence-electron chi connectivity index (χ3n) is 4.06. The van der Waals surface area contributed by atoms with Crippen LogP contribution in [0.4, 0.5) is 9.59 Å². The van der Waals surface area contributed by atoms with Gasteiger partial charge in [0, 0.05) is 38.8 Å². The van der Waals surface area contributed by atoms with Crippen molar-refractivity contribution in [1.29, 1.82) is 0 Å². The molecule has 0 aliphatic carbocycles. The van der Waals surface area contributed by atoms with E-state index in [0.29, 0.717) is 0 Å². The standard InChI is InChI=1S/C23H30N2O8/c1-6-20(26)30-10-12-32-22(28)24(4)15-18-8-7-9-19(14-18)16-25(5)23(29)33-13-11-31-21(27)17(2)3/h6-9,14H,1-2,10-13,15-16H2,3-5H3. The molecule has 0 N–H and O–H groups in total. The largest absolute Gasteiger partial charge is 0.459 e. The molecule has 10 nitrogen and oxygen atoms in total. The van der Waals surface area contributed by atoms with Gasteiger partial charge in [0.1, 0.15) is 26.4 Å². The average molecular weight is 462 g/mol. The first-order chi connectivity index (χ1) is 15.6. The summed E-state index contributed by atoms with van der Waals surface area (Å²) in [6, 6.07) is 7.35. The lowest BCUT2D eigenvalue weighted by Gasteiger charge is -2.19. The fraction of sp³-hybridized carbons (Fsp3) is 0.391. The SMILES string of the molecule is C=CC(=O)OCCOC(=O)N(C)Cc1cccc(CN(C)C(=O)OCCOC(=O)C(=C)C)c1. The normalized spacial score (nSPS) is 9.91. The van der Waals surface area contributed by atoms with Crippen molar-refractivity contribution in [2.75, 3.05) is 40.5 Å². The van der Waals surface area contributed by atoms with Crippen LogP contribution in [-0.2, 0) is 41.6 Å². The highest BCUT2D eigenvalue weighted by Crippen LogP contribution is 2.11. The number of amides is 2. The molecule has 0 saturated heterocycles. The molecule has 0 bridgehead atoms. The van der Waals surface area contributed by atoms with E-state index in [1.165, 1.54) is 16.7 Å². The fourth-order valence-electron chi connectivity index (χ4n) is 2.44. The van der Waals surface area contributed by atoms with Crippen molar-refractivity contribution in [3.05, 3.63) is 60.2 Å². The van der Waals surface area contributed by atoms with Gasteiger partial charge in [0.05, 0.1) is 0 Å². The van der Waals surface area contributed by atoms with E-state index in [4.69, 9.17) is 18.9 Å². The molecule has 1 aromatic carbocycles. The van der Waals surface area contributed by atoms with Gasteiger partial charge in [-0.3, -0.25) is 0 Å². The molecular weight excluding hydrogens is 432 g/mol. The molecule has 180 valence electrons. The quantitative estimate of drug-likeness (QED) is 0.202. The molecule has 1 rings (SSSR count). The third kappa shape index (κ3) is 10.9. The van der Waals surface area contributed by atoms with E-state index < -0.39 is 24.1 Å². The van der Waals surface area contributed by atoms with Gasteiger partial charge >= 0.3 is 24.1 Å². The third-order valence-corrected chi connectivity index (χ3v) is 4.06. The van der Waals surface area contributed by atoms with Crippen molar-refractivity contribution in [2.45, 2.75) is 20.0 Å². The second-order valence-corrected chi connectivity index (χ2v) is 7.05. The molecule has 0 heterocycles. The Labute approximate surface area is 193 Å². The van der Waals surface area contributed by atoms with Crippen LogP contribution in [0, 0.1) is 0 Å². The van der Waals surface area contributed by atoms with Crippen molar-refractivity contribution in [3.8, 4) is 0 Å². The molecule has 0 radical (unpaired) electrons. The van der Waals surface area contributed by atoms with Crippen LogP contribution in [0.15, 0.2) is 49.1 Å². The highest BCUT2D eigenvalue weighted by atomic mass is 16.6. The fourth-order valence-corrected chi connectivity index (χ4v) is 2.44. The molecule has 0 atom stereocenters. The summed E-state index contributed by atoms with van der Waals surface area (Å²) >= 11 is 0. The number of rotatable bonds is 12. The van der Waals surface area contributed by atoms with E-state index in [1.807, 2.05) is 24.3 Å². The first-order valence-corrected chi connectivity index (χ1v) is 10.1. The van der Waals surface area contributed by atoms with E-state index in [-0.39, 0.29) is 45.1 Å². The molecule has 0 fully saturated rings. The molecule has 0 aliphatic heterocycles. The molecule has 0 unspecified atom stereocenters. The molecule has 2 amide bonds. The van der Waals surface area contributed by atoms with E-state index in [9.17, 15) is 19.2 Å².